The Labute approximate surface area is 156 Å². The molecule has 0 radical (unpaired) electrons. The summed E-state index contributed by atoms with van der Waals surface area (Å²) in [6, 6.07) is 16.1. The van der Waals surface area contributed by atoms with Crippen LogP contribution in [0.3, 0.4) is 0 Å². The minimum Gasteiger partial charge on any atom is -0.448 e. The molecule has 3 aromatic rings. The molecule has 0 spiro atoms. The number of aromatic nitrogens is 3. The van der Waals surface area contributed by atoms with E-state index in [-0.39, 0.29) is 6.23 Å². The Hall–Kier alpha value is -2.86. The van der Waals surface area contributed by atoms with Crippen LogP contribution >= 0.6 is 11.8 Å². The summed E-state index contributed by atoms with van der Waals surface area (Å²) in [5, 5.41) is 12.7. The molecule has 0 saturated carbocycles. The van der Waals surface area contributed by atoms with Crippen molar-refractivity contribution in [3.05, 3.63) is 72.3 Å². The van der Waals surface area contributed by atoms with E-state index in [0.717, 1.165) is 28.1 Å². The highest BCUT2D eigenvalue weighted by molar-refractivity contribution is 7.99. The van der Waals surface area contributed by atoms with Gasteiger partial charge in [0.1, 0.15) is 0 Å². The molecule has 0 aliphatic carbocycles. The number of rotatable bonds is 4. The summed E-state index contributed by atoms with van der Waals surface area (Å²) in [6.45, 7) is 5.80. The lowest BCUT2D eigenvalue weighted by Gasteiger charge is -2.20. The number of para-hydroxylation sites is 1. The third-order valence-corrected chi connectivity index (χ3v) is 4.97. The second kappa shape index (κ2) is 7.17. The fraction of sp³-hybridized carbons (Fsp3) is 0.150. The van der Waals surface area contributed by atoms with Crippen molar-refractivity contribution in [2.45, 2.75) is 18.3 Å². The second-order valence-corrected chi connectivity index (χ2v) is 6.88. The first-order chi connectivity index (χ1) is 12.8. The number of hydrogen-bond acceptors (Lipinski definition) is 6. The molecule has 4 rings (SSSR count). The Morgan fingerprint density at radius 1 is 1.15 bits per heavy atom. The highest BCUT2D eigenvalue weighted by Gasteiger charge is 2.26. The fourth-order valence-electron chi connectivity index (χ4n) is 2.86. The van der Waals surface area contributed by atoms with Crippen LogP contribution in [0, 0.1) is 6.92 Å². The number of fused-ring (bicyclic) bond motifs is 3. The van der Waals surface area contributed by atoms with Gasteiger partial charge < -0.3 is 10.1 Å². The highest BCUT2D eigenvalue weighted by Crippen LogP contribution is 2.39. The smallest absolute Gasteiger partial charge is 0.247 e. The molecular weight excluding hydrogens is 344 g/mol. The summed E-state index contributed by atoms with van der Waals surface area (Å²) < 4.78 is 6.26. The Morgan fingerprint density at radius 2 is 1.96 bits per heavy atom. The maximum atomic E-state index is 6.26. The zero-order valence-electron chi connectivity index (χ0n) is 14.3. The molecule has 0 fully saturated rings. The quantitative estimate of drug-likeness (QED) is 0.539. The van der Waals surface area contributed by atoms with Gasteiger partial charge in [0.2, 0.25) is 11.0 Å². The molecule has 1 aromatic heterocycles. The molecule has 1 aliphatic heterocycles. The lowest BCUT2D eigenvalue weighted by molar-refractivity contribution is 0.224. The minimum absolute atomic E-state index is 0.354. The number of ether oxygens (including phenoxy) is 1. The Morgan fingerprint density at radius 3 is 2.81 bits per heavy atom. The summed E-state index contributed by atoms with van der Waals surface area (Å²) in [5.41, 5.74) is 4.73. The Balaban J connectivity index is 1.82. The van der Waals surface area contributed by atoms with Gasteiger partial charge >= 0.3 is 0 Å². The number of nitrogens with one attached hydrogen (secondary N) is 1. The van der Waals surface area contributed by atoms with Crippen molar-refractivity contribution in [3.63, 3.8) is 0 Å². The summed E-state index contributed by atoms with van der Waals surface area (Å²) in [6.07, 6.45) is 1.46. The summed E-state index contributed by atoms with van der Waals surface area (Å²) in [7, 11) is 0. The van der Waals surface area contributed by atoms with Crippen molar-refractivity contribution < 1.29 is 4.74 Å². The minimum atomic E-state index is -0.354. The van der Waals surface area contributed by atoms with E-state index < -0.39 is 0 Å². The molecule has 130 valence electrons. The van der Waals surface area contributed by atoms with Gasteiger partial charge in [0, 0.05) is 22.6 Å². The van der Waals surface area contributed by atoms with Crippen LogP contribution in [0.4, 0.5) is 5.69 Å². The van der Waals surface area contributed by atoms with Crippen LogP contribution in [0.5, 0.6) is 5.88 Å². The molecule has 0 amide bonds. The standard InChI is InChI=1S/C20H18N4OS/c1-3-12-26-20-22-19-17(23-24-20)15-10-6-7-11-16(15)21-18(25-19)14-9-5-4-8-13(14)2/h3-11,18,21H,1,12H2,2H3/t18-/m0/s1. The first-order valence-corrected chi connectivity index (χ1v) is 9.31. The third-order valence-electron chi connectivity index (χ3n) is 4.13. The van der Waals surface area contributed by atoms with Crippen LogP contribution in [-0.4, -0.2) is 20.9 Å². The predicted octanol–water partition coefficient (Wildman–Crippen LogP) is 4.63. The van der Waals surface area contributed by atoms with Gasteiger partial charge in [0.25, 0.3) is 0 Å². The number of nitrogens with zero attached hydrogens (tertiary/aromatic N) is 3. The van der Waals surface area contributed by atoms with Crippen LogP contribution in [0.25, 0.3) is 11.3 Å². The Bertz CT molecular complexity index is 960. The molecule has 0 saturated heterocycles. The lowest BCUT2D eigenvalue weighted by Crippen LogP contribution is -2.18. The van der Waals surface area contributed by atoms with Crippen molar-refractivity contribution in [2.24, 2.45) is 0 Å². The van der Waals surface area contributed by atoms with Crippen molar-refractivity contribution in [1.29, 1.82) is 0 Å². The van der Waals surface area contributed by atoms with Gasteiger partial charge in [-0.25, -0.2) is 0 Å². The van der Waals surface area contributed by atoms with E-state index in [1.165, 1.54) is 11.8 Å². The molecule has 2 aromatic carbocycles. The average molecular weight is 362 g/mol. The molecule has 1 aliphatic rings. The number of thioether (sulfide) groups is 1. The van der Waals surface area contributed by atoms with E-state index in [2.05, 4.69) is 46.1 Å². The molecule has 0 bridgehead atoms. The molecule has 26 heavy (non-hydrogen) atoms. The van der Waals surface area contributed by atoms with Gasteiger partial charge in [-0.1, -0.05) is 60.3 Å². The Kier molecular flexibility index (Phi) is 4.58. The van der Waals surface area contributed by atoms with Crippen LogP contribution in [0.2, 0.25) is 0 Å². The van der Waals surface area contributed by atoms with Crippen LogP contribution in [0.1, 0.15) is 17.4 Å². The van der Waals surface area contributed by atoms with E-state index in [0.29, 0.717) is 16.7 Å². The highest BCUT2D eigenvalue weighted by atomic mass is 32.2. The largest absolute Gasteiger partial charge is 0.448 e. The normalized spacial score (nSPS) is 15.0. The average Bonchev–Trinajstić information content (AvgIpc) is 2.83. The van der Waals surface area contributed by atoms with Crippen molar-refractivity contribution in [1.82, 2.24) is 15.2 Å². The fourth-order valence-corrected chi connectivity index (χ4v) is 3.38. The third kappa shape index (κ3) is 3.15. The molecule has 5 nitrogen and oxygen atoms in total. The molecule has 2 heterocycles. The van der Waals surface area contributed by atoms with E-state index in [1.54, 1.807) is 0 Å². The number of anilines is 1. The maximum Gasteiger partial charge on any atom is 0.247 e. The first-order valence-electron chi connectivity index (χ1n) is 8.33. The van der Waals surface area contributed by atoms with Gasteiger partial charge in [-0.2, -0.15) is 4.98 Å². The zero-order valence-corrected chi connectivity index (χ0v) is 15.2. The molecule has 0 unspecified atom stereocenters. The maximum absolute atomic E-state index is 6.26. The van der Waals surface area contributed by atoms with Gasteiger partial charge in [-0.15, -0.1) is 16.8 Å². The van der Waals surface area contributed by atoms with Gasteiger partial charge in [0.15, 0.2) is 11.9 Å². The van der Waals surface area contributed by atoms with E-state index in [9.17, 15) is 0 Å². The SMILES string of the molecule is C=CCSc1nnc2c(n1)O[C@@H](c1ccccc1C)Nc1ccccc1-2. The summed E-state index contributed by atoms with van der Waals surface area (Å²) in [4.78, 5) is 4.59. The number of aryl methyl sites for hydroxylation is 1. The van der Waals surface area contributed by atoms with Crippen molar-refractivity contribution in [2.75, 3.05) is 11.1 Å². The van der Waals surface area contributed by atoms with Crippen molar-refractivity contribution in [3.8, 4) is 17.1 Å². The molecule has 6 heteroatoms. The lowest BCUT2D eigenvalue weighted by atomic mass is 10.1. The number of hydrogen-bond donors (Lipinski definition) is 1. The van der Waals surface area contributed by atoms with Gasteiger partial charge in [-0.05, 0) is 18.6 Å². The van der Waals surface area contributed by atoms with Gasteiger partial charge in [0.05, 0.1) is 0 Å². The van der Waals surface area contributed by atoms with E-state index >= 15 is 0 Å². The van der Waals surface area contributed by atoms with Crippen LogP contribution in [0.15, 0.2) is 66.3 Å². The van der Waals surface area contributed by atoms with Crippen LogP contribution < -0.4 is 10.1 Å². The topological polar surface area (TPSA) is 59.9 Å². The van der Waals surface area contributed by atoms with E-state index in [4.69, 9.17) is 4.74 Å². The molecular formula is C20H18N4OS. The molecule has 1 atom stereocenters. The number of benzene rings is 2. The van der Waals surface area contributed by atoms with Gasteiger partial charge in [-0.3, -0.25) is 0 Å². The van der Waals surface area contributed by atoms with E-state index in [1.807, 2.05) is 42.5 Å². The summed E-state index contributed by atoms with van der Waals surface area (Å²) >= 11 is 1.48. The monoisotopic (exact) mass is 362 g/mol. The molecule has 1 N–H and O–H groups in total. The second-order valence-electron chi connectivity index (χ2n) is 5.89. The summed E-state index contributed by atoms with van der Waals surface area (Å²) in [5.74, 6) is 1.20. The first kappa shape index (κ1) is 16.6. The zero-order chi connectivity index (χ0) is 17.9. The van der Waals surface area contributed by atoms with Crippen LogP contribution in [-0.2, 0) is 0 Å². The van der Waals surface area contributed by atoms with Crippen molar-refractivity contribution >= 4 is 17.4 Å². The predicted molar refractivity (Wildman–Crippen MR) is 104 cm³/mol.